The van der Waals surface area contributed by atoms with Crippen molar-refractivity contribution in [2.45, 2.75) is 0 Å². The number of fused-ring (bicyclic) bond motifs is 1. The van der Waals surface area contributed by atoms with Gasteiger partial charge in [0.05, 0.1) is 5.66 Å². The van der Waals surface area contributed by atoms with Crippen LogP contribution in [0.25, 0.3) is 10.8 Å². The van der Waals surface area contributed by atoms with Crippen LogP contribution >= 0.6 is 8.38 Å². The number of benzene rings is 4. The van der Waals surface area contributed by atoms with Crippen molar-refractivity contribution in [3.63, 3.8) is 0 Å². The van der Waals surface area contributed by atoms with E-state index in [2.05, 4.69) is 61.7 Å². The minimum Gasteiger partial charge on any atom is -0.438 e. The maximum absolute atomic E-state index is 6.38. The van der Waals surface area contributed by atoms with Gasteiger partial charge in [0.2, 0.25) is 0 Å². The molecule has 2 fully saturated rings. The predicted octanol–water partition coefficient (Wildman–Crippen LogP) is 8.41. The fraction of sp³-hybridized carbons (Fsp3) is 0. The van der Waals surface area contributed by atoms with E-state index < -0.39 is 8.38 Å². The third-order valence-corrected chi connectivity index (χ3v) is 7.02. The normalized spacial score (nSPS) is 15.8. The van der Waals surface area contributed by atoms with Crippen LogP contribution in [0.1, 0.15) is 5.56 Å². The van der Waals surface area contributed by atoms with Gasteiger partial charge in [-0.25, -0.2) is 0 Å². The molecule has 0 saturated heterocycles. The second kappa shape index (κ2) is 13.8. The first-order valence-corrected chi connectivity index (χ1v) is 12.7. The summed E-state index contributed by atoms with van der Waals surface area (Å²) in [5.74, 6) is 2.74. The minimum atomic E-state index is -1.37. The van der Waals surface area contributed by atoms with E-state index in [1.807, 2.05) is 92.8 Å². The molecule has 0 N–H and O–H groups in total. The van der Waals surface area contributed by atoms with Gasteiger partial charge in [-0.05, 0) is 92.0 Å². The van der Waals surface area contributed by atoms with E-state index in [0.29, 0.717) is 0 Å². The van der Waals surface area contributed by atoms with Crippen molar-refractivity contribution >= 4 is 19.1 Å². The maximum atomic E-state index is 6.38. The van der Waals surface area contributed by atoms with Gasteiger partial charge in [-0.2, -0.15) is 0 Å². The zero-order valence-corrected chi connectivity index (χ0v) is 21.5. The smallest absolute Gasteiger partial charge is 0.438 e. The molecule has 36 heavy (non-hydrogen) atoms. The van der Waals surface area contributed by atoms with Gasteiger partial charge in [0.15, 0.2) is 0 Å². The van der Waals surface area contributed by atoms with Gasteiger partial charge in [0.25, 0.3) is 8.38 Å². The molecule has 2 nitrogen and oxygen atoms in total. The molecule has 0 bridgehead atoms. The largest absolute Gasteiger partial charge is 2.00 e. The summed E-state index contributed by atoms with van der Waals surface area (Å²) in [6, 6.07) is 34.6. The zero-order valence-electron chi connectivity index (χ0n) is 19.6. The molecule has 0 atom stereocenters. The summed E-state index contributed by atoms with van der Waals surface area (Å²) in [5, 5.41) is 2.45. The molecule has 0 amide bonds. The Bertz CT molecular complexity index is 1130. The van der Waals surface area contributed by atoms with Crippen LogP contribution in [0.15, 0.2) is 103 Å². The van der Waals surface area contributed by atoms with Crippen molar-refractivity contribution in [2.24, 2.45) is 0 Å². The molecule has 2 aliphatic rings. The first-order valence-electron chi connectivity index (χ1n) is 11.6. The van der Waals surface area contributed by atoms with Crippen LogP contribution in [0.3, 0.4) is 0 Å². The van der Waals surface area contributed by atoms with Crippen LogP contribution in [0.2, 0.25) is 0 Å². The van der Waals surface area contributed by atoms with E-state index in [1.165, 1.54) is 16.3 Å². The van der Waals surface area contributed by atoms with Crippen molar-refractivity contribution < 1.29 is 26.1 Å². The Morgan fingerprint density at radius 1 is 0.472 bits per heavy atom. The van der Waals surface area contributed by atoms with E-state index in [-0.39, 0.29) is 17.1 Å². The Morgan fingerprint density at radius 3 is 1.61 bits per heavy atom. The summed E-state index contributed by atoms with van der Waals surface area (Å²) >= 11 is 0. The Balaban J connectivity index is 0.000000455. The van der Waals surface area contributed by atoms with Crippen LogP contribution in [0.4, 0.5) is 0 Å². The number of hydrogen-bond donors (Lipinski definition) is 0. The SMILES string of the molecule is [CH]1[CH][CH][CH][CH]1.[CH]1[CH][C](c2cccc3ccccc23)[C](P(Oc2ccccc2)Oc2ccccc2)[CH]1.[Fe+2]. The van der Waals surface area contributed by atoms with Gasteiger partial charge in [-0.3, -0.25) is 0 Å². The molecule has 176 valence electrons. The molecule has 0 heterocycles. The molecule has 6 rings (SSSR count). The van der Waals surface area contributed by atoms with Gasteiger partial charge in [-0.15, -0.1) is 0 Å². The number of hydrogen-bond acceptors (Lipinski definition) is 2. The van der Waals surface area contributed by atoms with Crippen LogP contribution < -0.4 is 9.05 Å². The average molecular weight is 528 g/mol. The van der Waals surface area contributed by atoms with Gasteiger partial charge in [0, 0.05) is 5.92 Å². The van der Waals surface area contributed by atoms with Crippen molar-refractivity contribution in [2.75, 3.05) is 0 Å². The Kier molecular flexibility index (Phi) is 10.3. The maximum Gasteiger partial charge on any atom is 2.00 e. The molecule has 4 aromatic rings. The van der Waals surface area contributed by atoms with Crippen molar-refractivity contribution in [3.05, 3.63) is 172 Å². The van der Waals surface area contributed by atoms with Gasteiger partial charge >= 0.3 is 17.1 Å². The summed E-state index contributed by atoms with van der Waals surface area (Å²) in [6.07, 6.45) is 16.3. The second-order valence-electron chi connectivity index (χ2n) is 7.88. The minimum absolute atomic E-state index is 0. The molecule has 4 heteroatoms. The molecular weight excluding hydrogens is 503 g/mol. The third-order valence-electron chi connectivity index (χ3n) is 5.49. The Labute approximate surface area is 227 Å². The zero-order chi connectivity index (χ0) is 23.7. The number of rotatable bonds is 6. The predicted molar refractivity (Wildman–Crippen MR) is 145 cm³/mol. The summed E-state index contributed by atoms with van der Waals surface area (Å²) in [4.78, 5) is 0. The average Bonchev–Trinajstić information content (AvgIpc) is 3.65. The fourth-order valence-electron chi connectivity index (χ4n) is 3.85. The van der Waals surface area contributed by atoms with Gasteiger partial charge in [-0.1, -0.05) is 78.9 Å². The molecular formula is C32H25FeO2P+2. The molecule has 4 aromatic carbocycles. The third kappa shape index (κ3) is 6.92. The van der Waals surface area contributed by atoms with Crippen LogP contribution in [0.5, 0.6) is 11.5 Å². The van der Waals surface area contributed by atoms with Crippen LogP contribution in [0, 0.1) is 62.9 Å². The quantitative estimate of drug-likeness (QED) is 0.185. The summed E-state index contributed by atoms with van der Waals surface area (Å²) in [5.41, 5.74) is 2.25. The van der Waals surface area contributed by atoms with E-state index in [0.717, 1.165) is 23.1 Å². The van der Waals surface area contributed by atoms with Crippen LogP contribution in [-0.2, 0) is 17.1 Å². The molecule has 2 aliphatic carbocycles. The summed E-state index contributed by atoms with van der Waals surface area (Å²) < 4.78 is 12.8. The number of para-hydroxylation sites is 2. The Hall–Kier alpha value is -2.31. The second-order valence-corrected chi connectivity index (χ2v) is 9.24. The topological polar surface area (TPSA) is 18.5 Å². The molecule has 0 aliphatic heterocycles. The molecule has 10 radical (unpaired) electrons. The molecule has 0 unspecified atom stereocenters. The van der Waals surface area contributed by atoms with E-state index in [9.17, 15) is 0 Å². The first kappa shape index (κ1) is 26.7. The van der Waals surface area contributed by atoms with Crippen molar-refractivity contribution in [1.82, 2.24) is 0 Å². The van der Waals surface area contributed by atoms with E-state index in [1.54, 1.807) is 0 Å². The summed E-state index contributed by atoms with van der Waals surface area (Å²) in [6.45, 7) is 0. The monoisotopic (exact) mass is 528 g/mol. The van der Waals surface area contributed by atoms with E-state index >= 15 is 0 Å². The van der Waals surface area contributed by atoms with E-state index in [4.69, 9.17) is 9.05 Å². The molecule has 0 spiro atoms. The fourth-order valence-corrected chi connectivity index (χ4v) is 5.31. The van der Waals surface area contributed by atoms with Crippen LogP contribution in [-0.4, -0.2) is 0 Å². The molecule has 2 saturated carbocycles. The summed E-state index contributed by atoms with van der Waals surface area (Å²) in [7, 11) is -1.37. The Morgan fingerprint density at radius 2 is 1.00 bits per heavy atom. The first-order chi connectivity index (χ1) is 17.4. The van der Waals surface area contributed by atoms with Crippen molar-refractivity contribution in [1.29, 1.82) is 0 Å². The van der Waals surface area contributed by atoms with Crippen molar-refractivity contribution in [3.8, 4) is 11.5 Å². The van der Waals surface area contributed by atoms with Gasteiger partial charge in [0.1, 0.15) is 11.5 Å². The molecule has 0 aromatic heterocycles. The van der Waals surface area contributed by atoms with Gasteiger partial charge < -0.3 is 9.05 Å². The standard InChI is InChI=1S/C27H20O2P.C5H5.Fe/c1-3-13-22(14-4-1)28-30(29-23-15-5-2-6-16-23)27-20-10-19-26(27)25-18-9-12-21-11-7-8-17-24(21)25;1-2-4-5-3-1;/h1-20H;1-5H;/q;;+2.